The van der Waals surface area contributed by atoms with Crippen LogP contribution in [0.4, 0.5) is 10.1 Å². The number of fused-ring (bicyclic) bond motifs is 1. The van der Waals surface area contributed by atoms with Crippen LogP contribution in [-0.4, -0.2) is 12.6 Å². The summed E-state index contributed by atoms with van der Waals surface area (Å²) in [5, 5.41) is 8.97. The second kappa shape index (κ2) is 3.48. The zero-order valence-electron chi connectivity index (χ0n) is 9.79. The first-order valence-corrected chi connectivity index (χ1v) is 5.42. The lowest BCUT2D eigenvalue weighted by Crippen LogP contribution is -2.34. The van der Waals surface area contributed by atoms with Crippen LogP contribution in [-0.2, 0) is 5.41 Å². The van der Waals surface area contributed by atoms with E-state index in [1.54, 1.807) is 6.07 Å². The van der Waals surface area contributed by atoms with E-state index in [0.717, 1.165) is 11.3 Å². The smallest absolute Gasteiger partial charge is 0.129 e. The molecule has 16 heavy (non-hydrogen) atoms. The molecule has 0 spiro atoms. The Morgan fingerprint density at radius 2 is 2.19 bits per heavy atom. The van der Waals surface area contributed by atoms with Gasteiger partial charge in [0.2, 0.25) is 0 Å². The molecule has 0 bridgehead atoms. The SMILES string of the molecule is CC(C#N)N1CC(C)(C)c2c(F)cccc21. The molecule has 0 saturated carbocycles. The van der Waals surface area contributed by atoms with E-state index in [0.29, 0.717) is 6.54 Å². The molecule has 0 aromatic heterocycles. The Kier molecular flexibility index (Phi) is 2.38. The summed E-state index contributed by atoms with van der Waals surface area (Å²) in [7, 11) is 0. The van der Waals surface area contributed by atoms with Gasteiger partial charge in [-0.15, -0.1) is 0 Å². The third-order valence-corrected chi connectivity index (χ3v) is 3.20. The Labute approximate surface area is 95.3 Å². The zero-order valence-corrected chi connectivity index (χ0v) is 9.79. The maximum Gasteiger partial charge on any atom is 0.129 e. The van der Waals surface area contributed by atoms with E-state index in [1.807, 2.05) is 31.7 Å². The highest BCUT2D eigenvalue weighted by atomic mass is 19.1. The standard InChI is InChI=1S/C13H15FN2/c1-9(7-15)16-8-13(2,3)12-10(14)5-4-6-11(12)16/h4-6,9H,8H2,1-3H3. The first-order valence-electron chi connectivity index (χ1n) is 5.42. The van der Waals surface area contributed by atoms with Crippen molar-refractivity contribution in [1.29, 1.82) is 5.26 Å². The van der Waals surface area contributed by atoms with Crippen LogP contribution in [0, 0.1) is 17.1 Å². The van der Waals surface area contributed by atoms with Crippen LogP contribution in [0.1, 0.15) is 26.3 Å². The second-order valence-electron chi connectivity index (χ2n) is 4.95. The summed E-state index contributed by atoms with van der Waals surface area (Å²) in [5.74, 6) is -0.171. The van der Waals surface area contributed by atoms with E-state index in [9.17, 15) is 4.39 Å². The Balaban J connectivity index is 2.56. The monoisotopic (exact) mass is 218 g/mol. The Morgan fingerprint density at radius 3 is 2.81 bits per heavy atom. The van der Waals surface area contributed by atoms with E-state index >= 15 is 0 Å². The Morgan fingerprint density at radius 1 is 1.50 bits per heavy atom. The molecule has 0 radical (unpaired) electrons. The normalized spacial score (nSPS) is 19.1. The van der Waals surface area contributed by atoms with E-state index < -0.39 is 0 Å². The van der Waals surface area contributed by atoms with Crippen molar-refractivity contribution < 1.29 is 4.39 Å². The lowest BCUT2D eigenvalue weighted by molar-refractivity contribution is 0.507. The molecule has 1 unspecified atom stereocenters. The number of halogens is 1. The lowest BCUT2D eigenvalue weighted by atomic mass is 9.86. The minimum absolute atomic E-state index is 0.171. The average Bonchev–Trinajstić information content (AvgIpc) is 2.51. The maximum atomic E-state index is 13.8. The molecule has 1 aromatic rings. The molecule has 0 amide bonds. The molecule has 2 rings (SSSR count). The van der Waals surface area contributed by atoms with Gasteiger partial charge in [0.15, 0.2) is 0 Å². The van der Waals surface area contributed by atoms with Crippen LogP contribution in [0.2, 0.25) is 0 Å². The number of benzene rings is 1. The number of rotatable bonds is 1. The fraction of sp³-hybridized carbons (Fsp3) is 0.462. The van der Waals surface area contributed by atoms with Crippen molar-refractivity contribution in [2.75, 3.05) is 11.4 Å². The second-order valence-corrected chi connectivity index (χ2v) is 4.95. The summed E-state index contributed by atoms with van der Waals surface area (Å²) in [6, 6.07) is 7.07. The fourth-order valence-electron chi connectivity index (χ4n) is 2.43. The van der Waals surface area contributed by atoms with Crippen molar-refractivity contribution in [2.45, 2.75) is 32.2 Å². The fourth-order valence-corrected chi connectivity index (χ4v) is 2.43. The van der Waals surface area contributed by atoms with Crippen LogP contribution in [0.3, 0.4) is 0 Å². The molecule has 2 nitrogen and oxygen atoms in total. The van der Waals surface area contributed by atoms with Crippen molar-refractivity contribution in [1.82, 2.24) is 0 Å². The summed E-state index contributed by atoms with van der Waals surface area (Å²) in [4.78, 5) is 1.97. The predicted octanol–water partition coefficient (Wildman–Crippen LogP) is 2.84. The van der Waals surface area contributed by atoms with Gasteiger partial charge in [0.25, 0.3) is 0 Å². The van der Waals surface area contributed by atoms with Crippen molar-refractivity contribution in [2.24, 2.45) is 0 Å². The number of hydrogen-bond donors (Lipinski definition) is 0. The zero-order chi connectivity index (χ0) is 11.9. The Bertz CT molecular complexity index is 459. The van der Waals surface area contributed by atoms with E-state index in [2.05, 4.69) is 6.07 Å². The number of anilines is 1. The summed E-state index contributed by atoms with van der Waals surface area (Å²) in [6.45, 7) is 6.56. The van der Waals surface area contributed by atoms with Gasteiger partial charge in [-0.3, -0.25) is 0 Å². The van der Waals surface area contributed by atoms with Gasteiger partial charge in [-0.2, -0.15) is 5.26 Å². The summed E-state index contributed by atoms with van der Waals surface area (Å²) < 4.78 is 13.8. The first-order chi connectivity index (χ1) is 7.47. The average molecular weight is 218 g/mol. The molecule has 0 N–H and O–H groups in total. The number of nitrogens with zero attached hydrogens (tertiary/aromatic N) is 2. The molecular formula is C13H15FN2. The topological polar surface area (TPSA) is 27.0 Å². The number of hydrogen-bond acceptors (Lipinski definition) is 2. The van der Waals surface area contributed by atoms with Gasteiger partial charge in [0.1, 0.15) is 11.9 Å². The van der Waals surface area contributed by atoms with Crippen molar-refractivity contribution >= 4 is 5.69 Å². The third kappa shape index (κ3) is 1.46. The van der Waals surface area contributed by atoms with Gasteiger partial charge in [-0.05, 0) is 19.1 Å². The molecule has 1 heterocycles. The van der Waals surface area contributed by atoms with Crippen molar-refractivity contribution in [3.8, 4) is 6.07 Å². The number of nitriles is 1. The molecule has 0 aliphatic carbocycles. The van der Waals surface area contributed by atoms with Crippen LogP contribution >= 0.6 is 0 Å². The van der Waals surface area contributed by atoms with Gasteiger partial charge in [-0.1, -0.05) is 19.9 Å². The van der Waals surface area contributed by atoms with Crippen molar-refractivity contribution in [3.05, 3.63) is 29.6 Å². The van der Waals surface area contributed by atoms with Gasteiger partial charge in [0.05, 0.1) is 6.07 Å². The molecular weight excluding hydrogens is 203 g/mol. The summed E-state index contributed by atoms with van der Waals surface area (Å²) >= 11 is 0. The quantitative estimate of drug-likeness (QED) is 0.724. The van der Waals surface area contributed by atoms with Crippen molar-refractivity contribution in [3.63, 3.8) is 0 Å². The Hall–Kier alpha value is -1.56. The van der Waals surface area contributed by atoms with Gasteiger partial charge >= 0.3 is 0 Å². The van der Waals surface area contributed by atoms with Gasteiger partial charge in [0, 0.05) is 23.2 Å². The van der Waals surface area contributed by atoms with Gasteiger partial charge < -0.3 is 4.90 Å². The summed E-state index contributed by atoms with van der Waals surface area (Å²) in [5.41, 5.74) is 1.36. The first kappa shape index (κ1) is 10.9. The minimum atomic E-state index is -0.230. The molecule has 1 aromatic carbocycles. The molecule has 84 valence electrons. The molecule has 0 saturated heterocycles. The third-order valence-electron chi connectivity index (χ3n) is 3.20. The molecule has 3 heteroatoms. The predicted molar refractivity (Wildman–Crippen MR) is 61.8 cm³/mol. The lowest BCUT2D eigenvalue weighted by Gasteiger charge is -2.24. The molecule has 1 aliphatic rings. The van der Waals surface area contributed by atoms with E-state index in [4.69, 9.17) is 5.26 Å². The summed E-state index contributed by atoms with van der Waals surface area (Å²) in [6.07, 6.45) is 0. The van der Waals surface area contributed by atoms with Crippen LogP contribution in [0.15, 0.2) is 18.2 Å². The van der Waals surface area contributed by atoms with E-state index in [1.165, 1.54) is 6.07 Å². The highest BCUT2D eigenvalue weighted by Crippen LogP contribution is 2.42. The maximum absolute atomic E-state index is 13.8. The van der Waals surface area contributed by atoms with Crippen LogP contribution in [0.25, 0.3) is 0 Å². The molecule has 0 fully saturated rings. The minimum Gasteiger partial charge on any atom is -0.355 e. The highest BCUT2D eigenvalue weighted by molar-refractivity contribution is 5.63. The molecule has 1 atom stereocenters. The van der Waals surface area contributed by atoms with Crippen LogP contribution in [0.5, 0.6) is 0 Å². The van der Waals surface area contributed by atoms with E-state index in [-0.39, 0.29) is 17.3 Å². The van der Waals surface area contributed by atoms with Gasteiger partial charge in [-0.25, -0.2) is 4.39 Å². The highest BCUT2D eigenvalue weighted by Gasteiger charge is 2.39. The van der Waals surface area contributed by atoms with Crippen LogP contribution < -0.4 is 4.90 Å². The largest absolute Gasteiger partial charge is 0.355 e. The molecule has 1 aliphatic heterocycles.